The summed E-state index contributed by atoms with van der Waals surface area (Å²) in [5.74, 6) is -0.736. The van der Waals surface area contributed by atoms with E-state index in [9.17, 15) is 18.3 Å². The van der Waals surface area contributed by atoms with Gasteiger partial charge in [0.15, 0.2) is 5.65 Å². The first-order valence-corrected chi connectivity index (χ1v) is 13.6. The maximum atomic E-state index is 12.3. The van der Waals surface area contributed by atoms with Gasteiger partial charge in [-0.05, 0) is 46.3 Å². The summed E-state index contributed by atoms with van der Waals surface area (Å²) in [5.41, 5.74) is 10.7. The third kappa shape index (κ3) is 3.91. The van der Waals surface area contributed by atoms with Crippen molar-refractivity contribution in [2.24, 2.45) is 5.92 Å². The van der Waals surface area contributed by atoms with Crippen LogP contribution in [0.2, 0.25) is 0 Å². The van der Waals surface area contributed by atoms with Crippen LogP contribution in [0.3, 0.4) is 0 Å². The maximum absolute atomic E-state index is 12.3. The first-order chi connectivity index (χ1) is 16.1. The highest BCUT2D eigenvalue weighted by molar-refractivity contribution is 9.10. The topological polar surface area (TPSA) is 131 Å². The molecule has 5 rings (SSSR count). The van der Waals surface area contributed by atoms with Crippen LogP contribution in [0.1, 0.15) is 36.4 Å². The number of nitrogens with zero attached hydrogens (tertiary/aromatic N) is 4. The molecule has 178 valence electrons. The Balaban J connectivity index is 1.56. The third-order valence-corrected chi connectivity index (χ3v) is 8.75. The molecule has 3 heterocycles. The molecule has 0 bridgehead atoms. The van der Waals surface area contributed by atoms with Crippen LogP contribution in [0.25, 0.3) is 11.2 Å². The van der Waals surface area contributed by atoms with E-state index in [-0.39, 0.29) is 18.9 Å². The third-order valence-electron chi connectivity index (χ3n) is 6.68. The molecule has 9 nitrogen and oxygen atoms in total. The standard InChI is InChI=1S/C23H24BrN5O4S/c1-34(32,33)28-12-16(8-9-18(28)23(30)31)20-19(24)21(25)29-22(27-20)17(11-26-29)15-7-6-13-4-2-3-5-14(13)10-15/h2-5,7,10-11,13,16,18H,6,8-9,12,25H2,1H3,(H,30,31). The van der Waals surface area contributed by atoms with Crippen LogP contribution in [0, 0.1) is 5.92 Å². The Hall–Kier alpha value is -2.76. The fourth-order valence-corrected chi connectivity index (χ4v) is 6.60. The minimum atomic E-state index is -3.72. The van der Waals surface area contributed by atoms with Crippen molar-refractivity contribution in [3.8, 4) is 0 Å². The Morgan fingerprint density at radius 2 is 2.09 bits per heavy atom. The van der Waals surface area contributed by atoms with Crippen molar-refractivity contribution < 1.29 is 18.3 Å². The van der Waals surface area contributed by atoms with Gasteiger partial charge in [-0.2, -0.15) is 13.9 Å². The molecule has 11 heteroatoms. The number of hydrogen-bond acceptors (Lipinski definition) is 6. The number of aliphatic carboxylic acids is 1. The number of rotatable bonds is 4. The number of halogens is 1. The SMILES string of the molecule is CS(=O)(=O)N1CC(c2nc3c(C4=CCC5C=CC=CC5=C4)cnn3c(N)c2Br)CCC1C(=O)O. The van der Waals surface area contributed by atoms with Crippen LogP contribution < -0.4 is 5.73 Å². The Labute approximate surface area is 205 Å². The molecule has 1 fully saturated rings. The largest absolute Gasteiger partial charge is 0.480 e. The van der Waals surface area contributed by atoms with E-state index in [0.29, 0.717) is 34.0 Å². The maximum Gasteiger partial charge on any atom is 0.322 e. The van der Waals surface area contributed by atoms with Gasteiger partial charge in [-0.25, -0.2) is 13.4 Å². The second-order valence-electron chi connectivity index (χ2n) is 8.84. The lowest BCUT2D eigenvalue weighted by atomic mass is 9.84. The van der Waals surface area contributed by atoms with Gasteiger partial charge in [0.2, 0.25) is 10.0 Å². The Morgan fingerprint density at radius 1 is 1.29 bits per heavy atom. The van der Waals surface area contributed by atoms with Gasteiger partial charge >= 0.3 is 5.97 Å². The first kappa shape index (κ1) is 23.0. The molecule has 0 spiro atoms. The lowest BCUT2D eigenvalue weighted by Crippen LogP contribution is -2.49. The van der Waals surface area contributed by atoms with Gasteiger partial charge in [-0.15, -0.1) is 0 Å². The minimum Gasteiger partial charge on any atom is -0.480 e. The van der Waals surface area contributed by atoms with Gasteiger partial charge in [0.25, 0.3) is 0 Å². The lowest BCUT2D eigenvalue weighted by molar-refractivity contribution is -0.142. The molecule has 0 aromatic carbocycles. The van der Waals surface area contributed by atoms with Gasteiger partial charge in [0.05, 0.1) is 22.6 Å². The molecule has 0 amide bonds. The molecule has 3 aliphatic rings. The zero-order valence-electron chi connectivity index (χ0n) is 18.4. The summed E-state index contributed by atoms with van der Waals surface area (Å²) in [7, 11) is -3.72. The zero-order chi connectivity index (χ0) is 24.2. The van der Waals surface area contributed by atoms with E-state index >= 15 is 0 Å². The van der Waals surface area contributed by atoms with E-state index in [4.69, 9.17) is 10.7 Å². The van der Waals surface area contributed by atoms with E-state index in [1.807, 2.05) is 6.08 Å². The van der Waals surface area contributed by atoms with Crippen molar-refractivity contribution in [1.29, 1.82) is 0 Å². The van der Waals surface area contributed by atoms with Crippen molar-refractivity contribution in [2.75, 3.05) is 18.5 Å². The van der Waals surface area contributed by atoms with Crippen molar-refractivity contribution in [3.05, 3.63) is 64.0 Å². The van der Waals surface area contributed by atoms with Gasteiger partial charge in [0.1, 0.15) is 11.9 Å². The van der Waals surface area contributed by atoms with Crippen molar-refractivity contribution >= 4 is 49.0 Å². The first-order valence-electron chi connectivity index (χ1n) is 10.9. The highest BCUT2D eigenvalue weighted by Gasteiger charge is 2.40. The van der Waals surface area contributed by atoms with Gasteiger partial charge < -0.3 is 10.8 Å². The predicted molar refractivity (Wildman–Crippen MR) is 132 cm³/mol. The van der Waals surface area contributed by atoms with E-state index in [1.54, 1.807) is 10.7 Å². The molecule has 34 heavy (non-hydrogen) atoms. The summed E-state index contributed by atoms with van der Waals surface area (Å²) >= 11 is 3.53. The average molecular weight is 546 g/mol. The molecule has 2 aliphatic carbocycles. The number of hydrogen-bond donors (Lipinski definition) is 2. The number of nitrogens with two attached hydrogens (primary N) is 1. The Kier molecular flexibility index (Phi) is 5.73. The normalized spacial score (nSPS) is 25.2. The van der Waals surface area contributed by atoms with Crippen molar-refractivity contribution in [3.63, 3.8) is 0 Å². The fourth-order valence-electron chi connectivity index (χ4n) is 4.91. The second-order valence-corrected chi connectivity index (χ2v) is 11.6. The number of anilines is 1. The van der Waals surface area contributed by atoms with Crippen LogP contribution in [0.15, 0.2) is 52.7 Å². The number of nitrogen functional groups attached to an aromatic ring is 1. The van der Waals surface area contributed by atoms with Gasteiger partial charge in [-0.1, -0.05) is 36.5 Å². The summed E-state index contributed by atoms with van der Waals surface area (Å²) in [6, 6.07) is -1.08. The Morgan fingerprint density at radius 3 is 2.82 bits per heavy atom. The lowest BCUT2D eigenvalue weighted by Gasteiger charge is -2.35. The summed E-state index contributed by atoms with van der Waals surface area (Å²) in [6.07, 6.45) is 17.0. The average Bonchev–Trinajstić information content (AvgIpc) is 3.24. The molecule has 2 aromatic rings. The van der Waals surface area contributed by atoms with Crippen LogP contribution in [-0.2, 0) is 14.8 Å². The van der Waals surface area contributed by atoms with E-state index in [2.05, 4.69) is 51.4 Å². The summed E-state index contributed by atoms with van der Waals surface area (Å²) in [6.45, 7) is 0.0199. The molecule has 0 saturated carbocycles. The van der Waals surface area contributed by atoms with Gasteiger partial charge in [-0.3, -0.25) is 4.79 Å². The molecule has 2 aromatic heterocycles. The number of aromatic nitrogens is 3. The molecule has 3 atom stereocenters. The summed E-state index contributed by atoms with van der Waals surface area (Å²) in [5, 5.41) is 14.0. The van der Waals surface area contributed by atoms with Crippen LogP contribution in [0.5, 0.6) is 0 Å². The van der Waals surface area contributed by atoms with E-state index < -0.39 is 22.0 Å². The van der Waals surface area contributed by atoms with Crippen molar-refractivity contribution in [1.82, 2.24) is 18.9 Å². The zero-order valence-corrected chi connectivity index (χ0v) is 20.8. The Bertz CT molecular complexity index is 1420. The number of piperidine rings is 1. The number of carboxylic acids is 1. The number of carboxylic acid groups (broad SMARTS) is 1. The van der Waals surface area contributed by atoms with E-state index in [0.717, 1.165) is 28.1 Å². The molecule has 3 unspecified atom stereocenters. The minimum absolute atomic E-state index is 0.0199. The van der Waals surface area contributed by atoms with Crippen molar-refractivity contribution in [2.45, 2.75) is 31.2 Å². The second kappa shape index (κ2) is 8.47. The highest BCUT2D eigenvalue weighted by Crippen LogP contribution is 2.39. The summed E-state index contributed by atoms with van der Waals surface area (Å²) < 4.78 is 27.8. The van der Waals surface area contributed by atoms with Crippen LogP contribution in [0.4, 0.5) is 5.82 Å². The summed E-state index contributed by atoms with van der Waals surface area (Å²) in [4.78, 5) is 16.5. The number of sulfonamides is 1. The molecular formula is C23H24BrN5O4S. The quantitative estimate of drug-likeness (QED) is 0.603. The number of fused-ring (bicyclic) bond motifs is 2. The monoisotopic (exact) mass is 545 g/mol. The molecule has 3 N–H and O–H groups in total. The van der Waals surface area contributed by atoms with Gasteiger partial charge in [0, 0.05) is 23.9 Å². The number of allylic oxidation sites excluding steroid dienone is 8. The molecule has 1 saturated heterocycles. The fraction of sp³-hybridized carbons (Fsp3) is 0.348. The van der Waals surface area contributed by atoms with Crippen LogP contribution >= 0.6 is 15.9 Å². The van der Waals surface area contributed by atoms with E-state index in [1.165, 1.54) is 5.57 Å². The van der Waals surface area contributed by atoms with Crippen LogP contribution in [-0.4, -0.2) is 57.2 Å². The highest BCUT2D eigenvalue weighted by atomic mass is 79.9. The predicted octanol–water partition coefficient (Wildman–Crippen LogP) is 3.12. The molecule has 0 radical (unpaired) electrons. The number of carbonyl (C=O) groups is 1. The smallest absolute Gasteiger partial charge is 0.322 e. The molecular weight excluding hydrogens is 522 g/mol. The molecule has 1 aliphatic heterocycles.